The molecule has 3 atom stereocenters. The Balaban J connectivity index is 1.51. The molecule has 2 heterocycles. The number of benzene rings is 2. The first kappa shape index (κ1) is 25.7. The number of likely N-dealkylation sites (tertiary alicyclic amines) is 2. The van der Waals surface area contributed by atoms with E-state index in [2.05, 4.69) is 17.4 Å². The minimum atomic E-state index is -1.13. The molecule has 2 aliphatic rings. The number of likely N-dealkylation sites (N-methyl/N-ethyl adjacent to an activating group) is 1. The number of carbonyl (C=O) groups is 3. The Morgan fingerprint density at radius 3 is 2.42 bits per heavy atom. The van der Waals surface area contributed by atoms with Crippen molar-refractivity contribution in [3.63, 3.8) is 0 Å². The van der Waals surface area contributed by atoms with E-state index in [1.807, 2.05) is 55.6 Å². The normalized spacial score (nSPS) is 22.7. The van der Waals surface area contributed by atoms with Gasteiger partial charge in [0.05, 0.1) is 17.6 Å². The summed E-state index contributed by atoms with van der Waals surface area (Å²) in [4.78, 5) is 43.3. The van der Waals surface area contributed by atoms with E-state index in [4.69, 9.17) is 10.5 Å². The molecular formula is C28H36N4O4. The lowest BCUT2D eigenvalue weighted by Crippen LogP contribution is -2.56. The quantitative estimate of drug-likeness (QED) is 0.588. The highest BCUT2D eigenvalue weighted by Crippen LogP contribution is 2.49. The van der Waals surface area contributed by atoms with Gasteiger partial charge in [-0.1, -0.05) is 48.5 Å². The zero-order chi connectivity index (χ0) is 25.9. The van der Waals surface area contributed by atoms with Gasteiger partial charge in [-0.05, 0) is 38.0 Å². The van der Waals surface area contributed by atoms with Gasteiger partial charge < -0.3 is 25.6 Å². The first-order chi connectivity index (χ1) is 17.1. The van der Waals surface area contributed by atoms with Crippen LogP contribution in [-0.2, 0) is 14.4 Å². The number of nitrogens with two attached hydrogens (primary N) is 1. The Bertz CT molecular complexity index is 1090. The second-order valence-electron chi connectivity index (χ2n) is 10.5. The Morgan fingerprint density at radius 1 is 1.14 bits per heavy atom. The van der Waals surface area contributed by atoms with E-state index in [9.17, 15) is 14.4 Å². The smallest absolute Gasteiger partial charge is 0.245 e. The van der Waals surface area contributed by atoms with Gasteiger partial charge in [0, 0.05) is 39.0 Å². The van der Waals surface area contributed by atoms with Gasteiger partial charge in [0.2, 0.25) is 17.7 Å². The summed E-state index contributed by atoms with van der Waals surface area (Å²) >= 11 is 0. The number of carbonyl (C=O) groups excluding carboxylic acids is 3. The van der Waals surface area contributed by atoms with Crippen LogP contribution in [0.25, 0.3) is 0 Å². The molecule has 36 heavy (non-hydrogen) atoms. The minimum absolute atomic E-state index is 0.00595. The Morgan fingerprint density at radius 2 is 1.78 bits per heavy atom. The van der Waals surface area contributed by atoms with Crippen molar-refractivity contribution in [2.24, 2.45) is 11.1 Å². The number of amides is 3. The molecule has 0 bridgehead atoms. The zero-order valence-electron chi connectivity index (χ0n) is 21.3. The van der Waals surface area contributed by atoms with E-state index in [1.165, 1.54) is 0 Å². The van der Waals surface area contributed by atoms with Crippen LogP contribution in [0, 0.1) is 5.41 Å². The maximum absolute atomic E-state index is 13.7. The van der Waals surface area contributed by atoms with Gasteiger partial charge in [0.1, 0.15) is 11.8 Å². The molecule has 192 valence electrons. The van der Waals surface area contributed by atoms with Crippen LogP contribution in [0.1, 0.15) is 38.2 Å². The third kappa shape index (κ3) is 5.23. The van der Waals surface area contributed by atoms with Crippen LogP contribution in [0.3, 0.4) is 0 Å². The monoisotopic (exact) mass is 492 g/mol. The maximum atomic E-state index is 13.7. The van der Waals surface area contributed by atoms with Crippen molar-refractivity contribution in [2.75, 3.05) is 33.3 Å². The van der Waals surface area contributed by atoms with Gasteiger partial charge in [0.25, 0.3) is 0 Å². The number of rotatable bonds is 8. The van der Waals surface area contributed by atoms with Crippen molar-refractivity contribution < 1.29 is 19.1 Å². The molecule has 1 spiro atoms. The molecule has 0 radical (unpaired) electrons. The molecule has 8 nitrogen and oxygen atoms in total. The fourth-order valence-corrected chi connectivity index (χ4v) is 5.28. The standard InChI is InChI=1S/C28H36N4O4/c1-27(2,29)25(34)30-23(14-17-36-21-12-8-5-9-13-21)24(33)32-16-15-28(19-32)22(18-31(3)26(28)35)20-10-6-4-7-11-20/h4-13,22-23H,14-19,29H2,1-3H3,(H,30,34)/t22?,23-,28?/m1/s1. The second kappa shape index (κ2) is 10.3. The zero-order valence-corrected chi connectivity index (χ0v) is 21.3. The van der Waals surface area contributed by atoms with Crippen molar-refractivity contribution >= 4 is 17.7 Å². The third-order valence-corrected chi connectivity index (χ3v) is 7.32. The number of nitrogens with one attached hydrogen (secondary N) is 1. The van der Waals surface area contributed by atoms with E-state index >= 15 is 0 Å². The van der Waals surface area contributed by atoms with Gasteiger partial charge in [-0.3, -0.25) is 14.4 Å². The number of nitrogens with zero attached hydrogens (tertiary/aromatic N) is 2. The predicted molar refractivity (Wildman–Crippen MR) is 137 cm³/mol. The first-order valence-corrected chi connectivity index (χ1v) is 12.5. The summed E-state index contributed by atoms with van der Waals surface area (Å²) in [5.41, 5.74) is 5.31. The van der Waals surface area contributed by atoms with Crippen molar-refractivity contribution in [1.82, 2.24) is 15.1 Å². The Labute approximate surface area is 212 Å². The molecule has 0 aromatic heterocycles. The molecule has 2 aromatic carbocycles. The van der Waals surface area contributed by atoms with Crippen LogP contribution in [0.4, 0.5) is 0 Å². The Hall–Kier alpha value is -3.39. The molecule has 2 saturated heterocycles. The fraction of sp³-hybridized carbons (Fsp3) is 0.464. The number of hydrogen-bond donors (Lipinski definition) is 2. The molecule has 2 aromatic rings. The molecule has 0 saturated carbocycles. The van der Waals surface area contributed by atoms with Crippen molar-refractivity contribution in [1.29, 1.82) is 0 Å². The van der Waals surface area contributed by atoms with Crippen molar-refractivity contribution in [2.45, 2.75) is 44.2 Å². The Kier molecular flexibility index (Phi) is 7.36. The summed E-state index contributed by atoms with van der Waals surface area (Å²) in [7, 11) is 1.82. The minimum Gasteiger partial charge on any atom is -0.494 e. The van der Waals surface area contributed by atoms with E-state index in [0.717, 1.165) is 5.56 Å². The van der Waals surface area contributed by atoms with Gasteiger partial charge in [-0.25, -0.2) is 0 Å². The molecule has 0 aliphatic carbocycles. The molecule has 8 heteroatoms. The molecular weight excluding hydrogens is 456 g/mol. The van der Waals surface area contributed by atoms with Gasteiger partial charge in [-0.15, -0.1) is 0 Å². The van der Waals surface area contributed by atoms with Crippen LogP contribution in [-0.4, -0.2) is 72.4 Å². The highest BCUT2D eigenvalue weighted by atomic mass is 16.5. The van der Waals surface area contributed by atoms with E-state index < -0.39 is 22.9 Å². The molecule has 2 aliphatic heterocycles. The lowest BCUT2D eigenvalue weighted by atomic mass is 9.73. The van der Waals surface area contributed by atoms with Crippen molar-refractivity contribution in [3.05, 3.63) is 66.2 Å². The number of para-hydroxylation sites is 1. The van der Waals surface area contributed by atoms with E-state index in [0.29, 0.717) is 31.8 Å². The van der Waals surface area contributed by atoms with Crippen molar-refractivity contribution in [3.8, 4) is 5.75 Å². The number of hydrogen-bond acceptors (Lipinski definition) is 5. The van der Waals surface area contributed by atoms with Crippen LogP contribution in [0.2, 0.25) is 0 Å². The largest absolute Gasteiger partial charge is 0.494 e. The van der Waals surface area contributed by atoms with Gasteiger partial charge in [-0.2, -0.15) is 0 Å². The highest BCUT2D eigenvalue weighted by molar-refractivity contribution is 5.93. The van der Waals surface area contributed by atoms with E-state index in [-0.39, 0.29) is 30.8 Å². The van der Waals surface area contributed by atoms with Crippen LogP contribution < -0.4 is 15.8 Å². The number of ether oxygens (including phenoxy) is 1. The average Bonchev–Trinajstić information content (AvgIpc) is 3.41. The summed E-state index contributed by atoms with van der Waals surface area (Å²) in [5.74, 6) is 0.150. The molecule has 3 N–H and O–H groups in total. The summed E-state index contributed by atoms with van der Waals surface area (Å²) in [5, 5.41) is 2.83. The fourth-order valence-electron chi connectivity index (χ4n) is 5.28. The lowest BCUT2D eigenvalue weighted by Gasteiger charge is -2.30. The topological polar surface area (TPSA) is 105 Å². The van der Waals surface area contributed by atoms with Crippen LogP contribution >= 0.6 is 0 Å². The maximum Gasteiger partial charge on any atom is 0.245 e. The van der Waals surface area contributed by atoms with E-state index in [1.54, 1.807) is 23.6 Å². The highest BCUT2D eigenvalue weighted by Gasteiger charge is 2.57. The molecule has 2 fully saturated rings. The third-order valence-electron chi connectivity index (χ3n) is 7.32. The average molecular weight is 493 g/mol. The SMILES string of the molecule is CN1CC(c2ccccc2)C2(CCN(C(=O)[C@@H](CCOc3ccccc3)NC(=O)C(C)(C)N)C2)C1=O. The first-order valence-electron chi connectivity index (χ1n) is 12.5. The van der Waals surface area contributed by atoms with Gasteiger partial charge >= 0.3 is 0 Å². The predicted octanol–water partition coefficient (Wildman–Crippen LogP) is 2.15. The van der Waals surface area contributed by atoms with Gasteiger partial charge in [0.15, 0.2) is 0 Å². The molecule has 3 amide bonds. The summed E-state index contributed by atoms with van der Waals surface area (Å²) in [6.07, 6.45) is 0.875. The molecule has 4 rings (SSSR count). The summed E-state index contributed by atoms with van der Waals surface area (Å²) < 4.78 is 5.80. The second-order valence-corrected chi connectivity index (χ2v) is 10.5. The summed E-state index contributed by atoms with van der Waals surface area (Å²) in [6, 6.07) is 18.6. The summed E-state index contributed by atoms with van der Waals surface area (Å²) in [6.45, 7) is 4.86. The van der Waals surface area contributed by atoms with Crippen LogP contribution in [0.5, 0.6) is 5.75 Å². The molecule has 2 unspecified atom stereocenters. The van der Waals surface area contributed by atoms with Crippen LogP contribution in [0.15, 0.2) is 60.7 Å². The lowest BCUT2D eigenvalue weighted by molar-refractivity contribution is -0.139.